The predicted octanol–water partition coefficient (Wildman–Crippen LogP) is 17.1. The maximum Gasteiger partial charge on any atom is 0.164 e. The quantitative estimate of drug-likeness (QED) is 0.144. The van der Waals surface area contributed by atoms with E-state index >= 15 is 0 Å². The van der Waals surface area contributed by atoms with E-state index in [0.717, 1.165) is 72.4 Å². The highest BCUT2D eigenvalue weighted by Gasteiger charge is 2.21. The summed E-state index contributed by atoms with van der Waals surface area (Å²) in [7, 11) is 0. The average molecular weight is 918 g/mol. The number of nitrogens with zero attached hydrogens (tertiary/aromatic N) is 5. The van der Waals surface area contributed by atoms with Crippen molar-refractivity contribution in [2.24, 2.45) is 0 Å². The first-order chi connectivity index (χ1) is 35.7. The fourth-order valence-electron chi connectivity index (χ4n) is 9.93. The molecule has 0 aliphatic heterocycles. The second-order valence-electron chi connectivity index (χ2n) is 18.0. The van der Waals surface area contributed by atoms with E-state index in [4.69, 9.17) is 24.9 Å². The summed E-state index contributed by atoms with van der Waals surface area (Å²) in [6.07, 6.45) is 0. The Labute approximate surface area is 417 Å². The van der Waals surface area contributed by atoms with Crippen LogP contribution in [0, 0.1) is 0 Å². The van der Waals surface area contributed by atoms with Gasteiger partial charge in [0.05, 0.1) is 11.4 Å². The first-order valence-corrected chi connectivity index (χ1v) is 24.2. The van der Waals surface area contributed by atoms with Crippen LogP contribution in [0.2, 0.25) is 0 Å². The fourth-order valence-corrected chi connectivity index (χ4v) is 9.93. The summed E-state index contributed by atoms with van der Waals surface area (Å²) in [6, 6.07) is 91.5. The molecule has 0 N–H and O–H groups in total. The molecule has 0 aliphatic carbocycles. The molecule has 13 rings (SSSR count). The molecule has 0 saturated heterocycles. The molecule has 2 heterocycles. The van der Waals surface area contributed by atoms with Gasteiger partial charge in [-0.05, 0) is 77.8 Å². The highest BCUT2D eigenvalue weighted by atomic mass is 15.0. The number of fused-ring (bicyclic) bond motifs is 3. The van der Waals surface area contributed by atoms with Gasteiger partial charge < -0.3 is 0 Å². The molecule has 0 atom stereocenters. The molecule has 0 bridgehead atoms. The van der Waals surface area contributed by atoms with Gasteiger partial charge in [-0.15, -0.1) is 0 Å². The Kier molecular flexibility index (Phi) is 10.8. The maximum atomic E-state index is 5.14. The summed E-state index contributed by atoms with van der Waals surface area (Å²) in [4.78, 5) is 25.5. The summed E-state index contributed by atoms with van der Waals surface area (Å²) in [5.74, 6) is 2.56. The van der Waals surface area contributed by atoms with Crippen molar-refractivity contribution in [2.45, 2.75) is 0 Å². The topological polar surface area (TPSA) is 64.5 Å². The van der Waals surface area contributed by atoms with Gasteiger partial charge in [0.15, 0.2) is 23.3 Å². The van der Waals surface area contributed by atoms with Crippen LogP contribution in [0.1, 0.15) is 0 Å². The Morgan fingerprint density at radius 1 is 0.194 bits per heavy atom. The summed E-state index contributed by atoms with van der Waals surface area (Å²) >= 11 is 0. The van der Waals surface area contributed by atoms with Crippen molar-refractivity contribution in [1.82, 2.24) is 24.9 Å². The van der Waals surface area contributed by atoms with Crippen molar-refractivity contribution < 1.29 is 0 Å². The lowest BCUT2D eigenvalue weighted by atomic mass is 9.83. The number of aromatic nitrogens is 5. The third-order valence-electron chi connectivity index (χ3n) is 13.6. The lowest BCUT2D eigenvalue weighted by Gasteiger charge is -2.20. The lowest BCUT2D eigenvalue weighted by Crippen LogP contribution is -2.00. The Hall–Kier alpha value is -9.71. The third-order valence-corrected chi connectivity index (χ3v) is 13.6. The van der Waals surface area contributed by atoms with Crippen LogP contribution in [0.25, 0.3) is 134 Å². The average Bonchev–Trinajstić information content (AvgIpc) is 3.47. The third kappa shape index (κ3) is 8.05. The van der Waals surface area contributed by atoms with Gasteiger partial charge in [0, 0.05) is 33.4 Å². The van der Waals surface area contributed by atoms with Crippen molar-refractivity contribution in [2.75, 3.05) is 0 Å². The van der Waals surface area contributed by atoms with E-state index in [1.807, 2.05) is 66.7 Å². The highest BCUT2D eigenvalue weighted by molar-refractivity contribution is 6.15. The van der Waals surface area contributed by atoms with Crippen molar-refractivity contribution in [3.63, 3.8) is 0 Å². The van der Waals surface area contributed by atoms with E-state index in [2.05, 4.69) is 194 Å². The van der Waals surface area contributed by atoms with Crippen LogP contribution in [0.5, 0.6) is 0 Å². The second-order valence-corrected chi connectivity index (χ2v) is 18.0. The van der Waals surface area contributed by atoms with Crippen molar-refractivity contribution in [1.29, 1.82) is 0 Å². The van der Waals surface area contributed by atoms with E-state index in [-0.39, 0.29) is 0 Å². The van der Waals surface area contributed by atoms with Gasteiger partial charge in [-0.1, -0.05) is 249 Å². The molecule has 13 aromatic rings. The normalized spacial score (nSPS) is 11.3. The van der Waals surface area contributed by atoms with Gasteiger partial charge >= 0.3 is 0 Å². The Morgan fingerprint density at radius 3 is 1.01 bits per heavy atom. The zero-order valence-corrected chi connectivity index (χ0v) is 39.1. The lowest BCUT2D eigenvalue weighted by molar-refractivity contribution is 1.07. The van der Waals surface area contributed by atoms with Crippen LogP contribution < -0.4 is 0 Å². The van der Waals surface area contributed by atoms with Gasteiger partial charge in [0.2, 0.25) is 0 Å². The molecular weight excluding hydrogens is 875 g/mol. The van der Waals surface area contributed by atoms with E-state index in [0.29, 0.717) is 23.3 Å². The number of hydrogen-bond donors (Lipinski definition) is 0. The van der Waals surface area contributed by atoms with Crippen LogP contribution in [0.4, 0.5) is 0 Å². The Balaban J connectivity index is 0.933. The minimum Gasteiger partial charge on any atom is -0.228 e. The minimum absolute atomic E-state index is 0.616. The van der Waals surface area contributed by atoms with Crippen molar-refractivity contribution >= 4 is 32.3 Å². The largest absolute Gasteiger partial charge is 0.228 e. The van der Waals surface area contributed by atoms with Crippen molar-refractivity contribution in [3.05, 3.63) is 261 Å². The van der Waals surface area contributed by atoms with Gasteiger partial charge in [0.25, 0.3) is 0 Å². The van der Waals surface area contributed by atoms with E-state index < -0.39 is 0 Å². The number of hydrogen-bond acceptors (Lipinski definition) is 5. The Morgan fingerprint density at radius 2 is 0.528 bits per heavy atom. The molecule has 11 aromatic carbocycles. The zero-order valence-electron chi connectivity index (χ0n) is 39.1. The van der Waals surface area contributed by atoms with Gasteiger partial charge in [-0.3, -0.25) is 0 Å². The molecule has 5 nitrogen and oxygen atoms in total. The van der Waals surface area contributed by atoms with Crippen LogP contribution in [0.15, 0.2) is 261 Å². The molecule has 5 heteroatoms. The molecule has 0 spiro atoms. The Bertz CT molecular complexity index is 4060. The minimum atomic E-state index is 0.616. The molecule has 0 radical (unpaired) electrons. The SMILES string of the molecule is c1ccc(-c2cc(-c3ccccc3)nc(-c3ccc(-c4ccc5ccccc5c4-c4c(-c5ccc(-c6nc(-c7ccccc7)nc(-c7ccc8ccccc8c7)n6)cc5)ccc5ccccc45)cc3)n2)cc1. The van der Waals surface area contributed by atoms with E-state index in [9.17, 15) is 0 Å². The molecule has 0 unspecified atom stereocenters. The van der Waals surface area contributed by atoms with Crippen LogP contribution in [0.3, 0.4) is 0 Å². The monoisotopic (exact) mass is 917 g/mol. The smallest absolute Gasteiger partial charge is 0.164 e. The molecule has 0 fully saturated rings. The first kappa shape index (κ1) is 42.4. The van der Waals surface area contributed by atoms with Crippen LogP contribution >= 0.6 is 0 Å². The molecule has 0 aliphatic rings. The molecular formula is C67H43N5. The summed E-state index contributed by atoms with van der Waals surface area (Å²) in [5, 5.41) is 7.01. The summed E-state index contributed by atoms with van der Waals surface area (Å²) in [6.45, 7) is 0. The van der Waals surface area contributed by atoms with Gasteiger partial charge in [-0.25, -0.2) is 24.9 Å². The molecule has 0 amide bonds. The molecule has 0 saturated carbocycles. The fraction of sp³-hybridized carbons (Fsp3) is 0. The maximum absolute atomic E-state index is 5.14. The first-order valence-electron chi connectivity index (χ1n) is 24.2. The predicted molar refractivity (Wildman–Crippen MR) is 297 cm³/mol. The standard InChI is InChI=1S/C67H43N5/c1-4-19-49(20-5-1)60-43-61(50-21-6-2-7-22-50)69-64(68-60)52-33-29-47(30-34-52)58-40-38-45-17-12-14-26-56(45)62(58)63-57-27-15-13-18-46(57)39-41-59(63)48-31-35-53(36-32-48)66-70-65(51-23-8-3-9-24-51)71-67(72-66)55-37-28-44-16-10-11-25-54(44)42-55/h1-43H. The van der Waals surface area contributed by atoms with Crippen LogP contribution in [-0.4, -0.2) is 24.9 Å². The van der Waals surface area contributed by atoms with E-state index in [1.54, 1.807) is 0 Å². The van der Waals surface area contributed by atoms with Crippen LogP contribution in [-0.2, 0) is 0 Å². The van der Waals surface area contributed by atoms with Gasteiger partial charge in [0.1, 0.15) is 0 Å². The second kappa shape index (κ2) is 18.3. The molecule has 336 valence electrons. The highest BCUT2D eigenvalue weighted by Crippen LogP contribution is 2.46. The summed E-state index contributed by atoms with van der Waals surface area (Å²) in [5.41, 5.74) is 14.4. The van der Waals surface area contributed by atoms with E-state index in [1.165, 1.54) is 38.1 Å². The van der Waals surface area contributed by atoms with Crippen molar-refractivity contribution in [3.8, 4) is 101 Å². The number of rotatable bonds is 9. The molecule has 2 aromatic heterocycles. The molecule has 72 heavy (non-hydrogen) atoms. The zero-order chi connectivity index (χ0) is 47.8. The van der Waals surface area contributed by atoms with Gasteiger partial charge in [-0.2, -0.15) is 0 Å². The summed E-state index contributed by atoms with van der Waals surface area (Å²) < 4.78 is 0. The number of benzene rings is 11.